The lowest BCUT2D eigenvalue weighted by molar-refractivity contribution is 0.329. The van der Waals surface area contributed by atoms with Gasteiger partial charge in [-0.15, -0.1) is 0 Å². The number of nitrogens with two attached hydrogens (primary N) is 1. The van der Waals surface area contributed by atoms with Crippen LogP contribution in [-0.2, 0) is 15.8 Å². The highest BCUT2D eigenvalue weighted by Gasteiger charge is 2.20. The van der Waals surface area contributed by atoms with E-state index in [1.54, 1.807) is 24.3 Å². The maximum atomic E-state index is 12.3. The summed E-state index contributed by atoms with van der Waals surface area (Å²) in [4.78, 5) is 1.99. The van der Waals surface area contributed by atoms with Gasteiger partial charge in [0.25, 0.3) is 0 Å². The number of para-hydroxylation sites is 1. The molecule has 0 bridgehead atoms. The molecule has 0 aromatic heterocycles. The molecule has 1 atom stereocenters. The summed E-state index contributed by atoms with van der Waals surface area (Å²) in [6.45, 7) is 4.86. The van der Waals surface area contributed by atoms with E-state index in [0.29, 0.717) is 23.7 Å². The molecule has 1 aromatic rings. The van der Waals surface area contributed by atoms with Gasteiger partial charge >= 0.3 is 0 Å². The molecule has 0 aliphatic rings. The predicted octanol–water partition coefficient (Wildman–Crippen LogP) is 1.66. The van der Waals surface area contributed by atoms with Crippen molar-refractivity contribution in [3.05, 3.63) is 29.8 Å². The predicted molar refractivity (Wildman–Crippen MR) is 88.4 cm³/mol. The van der Waals surface area contributed by atoms with Crippen molar-refractivity contribution in [1.29, 1.82) is 0 Å². The molecule has 6 heteroatoms. The molecule has 1 unspecified atom stereocenters. The van der Waals surface area contributed by atoms with Crippen LogP contribution in [0.25, 0.3) is 0 Å². The quantitative estimate of drug-likeness (QED) is 0.716. The lowest BCUT2D eigenvalue weighted by Crippen LogP contribution is -2.42. The van der Waals surface area contributed by atoms with Crippen LogP contribution >= 0.6 is 0 Å². The van der Waals surface area contributed by atoms with Gasteiger partial charge in [-0.1, -0.05) is 32.0 Å². The first kappa shape index (κ1) is 17.9. The number of nitrogen functional groups attached to an aromatic ring is 1. The summed E-state index contributed by atoms with van der Waals surface area (Å²) in [6, 6.07) is 6.97. The van der Waals surface area contributed by atoms with Crippen LogP contribution < -0.4 is 10.5 Å². The zero-order valence-electron chi connectivity index (χ0n) is 13.3. The number of hydrogen-bond acceptors (Lipinski definition) is 4. The zero-order chi connectivity index (χ0) is 16.0. The largest absolute Gasteiger partial charge is 0.398 e. The van der Waals surface area contributed by atoms with Crippen LogP contribution in [0.1, 0.15) is 25.8 Å². The van der Waals surface area contributed by atoms with Crippen LogP contribution in [0.15, 0.2) is 24.3 Å². The van der Waals surface area contributed by atoms with E-state index >= 15 is 0 Å². The lowest BCUT2D eigenvalue weighted by atomic mass is 10.0. The minimum absolute atomic E-state index is 0.0816. The number of hydrogen-bond donors (Lipinski definition) is 2. The lowest BCUT2D eigenvalue weighted by Gasteiger charge is -2.24. The van der Waals surface area contributed by atoms with E-state index < -0.39 is 10.0 Å². The topological polar surface area (TPSA) is 75.4 Å². The van der Waals surface area contributed by atoms with Gasteiger partial charge < -0.3 is 10.6 Å². The van der Waals surface area contributed by atoms with Gasteiger partial charge in [0.15, 0.2) is 0 Å². The molecule has 0 amide bonds. The van der Waals surface area contributed by atoms with E-state index in [2.05, 4.69) is 18.6 Å². The zero-order valence-corrected chi connectivity index (χ0v) is 14.2. The van der Waals surface area contributed by atoms with Crippen LogP contribution in [0.4, 0.5) is 5.69 Å². The average Bonchev–Trinajstić information content (AvgIpc) is 2.29. The Morgan fingerprint density at radius 1 is 1.24 bits per heavy atom. The molecular formula is C15H27N3O2S. The van der Waals surface area contributed by atoms with Crippen LogP contribution in [-0.4, -0.2) is 40.0 Å². The number of anilines is 1. The monoisotopic (exact) mass is 313 g/mol. The SMILES string of the molecule is CC(C)CC(CN(C)C)NS(=O)(=O)Cc1ccccc1N. The van der Waals surface area contributed by atoms with Crippen LogP contribution in [0.2, 0.25) is 0 Å². The number of sulfonamides is 1. The third-order valence-electron chi connectivity index (χ3n) is 3.09. The summed E-state index contributed by atoms with van der Waals surface area (Å²) in [7, 11) is 0.478. The highest BCUT2D eigenvalue weighted by atomic mass is 32.2. The normalized spacial score (nSPS) is 13.8. The van der Waals surface area contributed by atoms with Gasteiger partial charge in [0.05, 0.1) is 5.75 Å². The molecule has 3 N–H and O–H groups in total. The third-order valence-corrected chi connectivity index (χ3v) is 4.47. The first-order valence-corrected chi connectivity index (χ1v) is 8.83. The number of nitrogens with one attached hydrogen (secondary N) is 1. The Morgan fingerprint density at radius 2 is 1.86 bits per heavy atom. The summed E-state index contributed by atoms with van der Waals surface area (Å²) in [5, 5.41) is 0. The van der Waals surface area contributed by atoms with Crippen LogP contribution in [0.3, 0.4) is 0 Å². The van der Waals surface area contributed by atoms with Gasteiger partial charge in [-0.25, -0.2) is 13.1 Å². The Morgan fingerprint density at radius 3 is 2.38 bits per heavy atom. The summed E-state index contributed by atoms with van der Waals surface area (Å²) >= 11 is 0. The second-order valence-electron chi connectivity index (χ2n) is 6.16. The second kappa shape index (κ2) is 7.77. The Bertz CT molecular complexity index is 532. The smallest absolute Gasteiger partial charge is 0.216 e. The van der Waals surface area contributed by atoms with Gasteiger partial charge in [0, 0.05) is 18.3 Å². The molecule has 5 nitrogen and oxygen atoms in total. The number of benzene rings is 1. The molecule has 1 rings (SSSR count). The van der Waals surface area contributed by atoms with E-state index in [0.717, 1.165) is 6.42 Å². The van der Waals surface area contributed by atoms with Gasteiger partial charge in [0.1, 0.15) is 0 Å². The molecule has 0 saturated carbocycles. The summed E-state index contributed by atoms with van der Waals surface area (Å²) < 4.78 is 27.5. The Kier molecular flexibility index (Phi) is 6.64. The van der Waals surface area contributed by atoms with Crippen molar-refractivity contribution in [2.45, 2.75) is 32.1 Å². The molecule has 21 heavy (non-hydrogen) atoms. The van der Waals surface area contributed by atoms with Crippen molar-refractivity contribution < 1.29 is 8.42 Å². The van der Waals surface area contributed by atoms with E-state index in [9.17, 15) is 8.42 Å². The van der Waals surface area contributed by atoms with Gasteiger partial charge in [0.2, 0.25) is 10.0 Å². The fraction of sp³-hybridized carbons (Fsp3) is 0.600. The van der Waals surface area contributed by atoms with Crippen molar-refractivity contribution in [3.63, 3.8) is 0 Å². The van der Waals surface area contributed by atoms with E-state index in [1.165, 1.54) is 0 Å². The van der Waals surface area contributed by atoms with Crippen molar-refractivity contribution >= 4 is 15.7 Å². The Hall–Kier alpha value is -1.11. The minimum Gasteiger partial charge on any atom is -0.398 e. The number of nitrogens with zero attached hydrogens (tertiary/aromatic N) is 1. The van der Waals surface area contributed by atoms with Crippen molar-refractivity contribution in [3.8, 4) is 0 Å². The molecule has 0 fully saturated rings. The Labute approximate surface area is 128 Å². The van der Waals surface area contributed by atoms with Crippen LogP contribution in [0.5, 0.6) is 0 Å². The van der Waals surface area contributed by atoms with E-state index in [-0.39, 0.29) is 11.8 Å². The molecular weight excluding hydrogens is 286 g/mol. The average molecular weight is 313 g/mol. The van der Waals surface area contributed by atoms with E-state index in [4.69, 9.17) is 5.73 Å². The van der Waals surface area contributed by atoms with Crippen molar-refractivity contribution in [2.24, 2.45) is 5.92 Å². The standard InChI is InChI=1S/C15H27N3O2S/c1-12(2)9-14(10-18(3)4)17-21(19,20)11-13-7-5-6-8-15(13)16/h5-8,12,14,17H,9-11,16H2,1-4H3. The Balaban J connectivity index is 2.78. The molecule has 0 spiro atoms. The fourth-order valence-corrected chi connectivity index (χ4v) is 3.77. The molecule has 1 aromatic carbocycles. The van der Waals surface area contributed by atoms with Crippen LogP contribution in [0, 0.1) is 5.92 Å². The summed E-state index contributed by atoms with van der Waals surface area (Å²) in [5.41, 5.74) is 6.97. The molecule has 0 aliphatic carbocycles. The highest BCUT2D eigenvalue weighted by Crippen LogP contribution is 2.15. The van der Waals surface area contributed by atoms with Gasteiger partial charge in [-0.2, -0.15) is 0 Å². The number of likely N-dealkylation sites (N-methyl/N-ethyl adjacent to an activating group) is 1. The summed E-state index contributed by atoms with van der Waals surface area (Å²) in [6.07, 6.45) is 0.807. The fourth-order valence-electron chi connectivity index (χ4n) is 2.34. The summed E-state index contributed by atoms with van der Waals surface area (Å²) in [5.74, 6) is 0.348. The molecule has 0 heterocycles. The maximum Gasteiger partial charge on any atom is 0.216 e. The van der Waals surface area contributed by atoms with Gasteiger partial charge in [-0.3, -0.25) is 0 Å². The minimum atomic E-state index is -3.40. The number of rotatable bonds is 8. The second-order valence-corrected chi connectivity index (χ2v) is 7.92. The molecule has 0 radical (unpaired) electrons. The van der Waals surface area contributed by atoms with E-state index in [1.807, 2.05) is 19.0 Å². The highest BCUT2D eigenvalue weighted by molar-refractivity contribution is 7.88. The maximum absolute atomic E-state index is 12.3. The first-order chi connectivity index (χ1) is 9.69. The molecule has 120 valence electrons. The van der Waals surface area contributed by atoms with Crippen molar-refractivity contribution in [2.75, 3.05) is 26.4 Å². The third kappa shape index (κ3) is 6.93. The first-order valence-electron chi connectivity index (χ1n) is 7.17. The van der Waals surface area contributed by atoms with Crippen molar-refractivity contribution in [1.82, 2.24) is 9.62 Å². The molecule has 0 aliphatic heterocycles. The van der Waals surface area contributed by atoms with Gasteiger partial charge in [-0.05, 0) is 38.1 Å². The molecule has 0 saturated heterocycles.